The Labute approximate surface area is 146 Å². The van der Waals surface area contributed by atoms with E-state index in [1.807, 2.05) is 0 Å². The second-order valence-electron chi connectivity index (χ2n) is 5.25. The maximum Gasteiger partial charge on any atom is 0.321 e. The molecule has 0 spiro atoms. The van der Waals surface area contributed by atoms with E-state index in [0.717, 1.165) is 5.56 Å². The second kappa shape index (κ2) is 10.9. The van der Waals surface area contributed by atoms with Gasteiger partial charge in [-0.05, 0) is 24.2 Å². The molecule has 4 amide bonds. The summed E-state index contributed by atoms with van der Waals surface area (Å²) in [5.41, 5.74) is 0.773. The molecule has 25 heavy (non-hydrogen) atoms. The van der Waals surface area contributed by atoms with Crippen LogP contribution in [-0.2, 0) is 16.1 Å². The normalized spacial score (nSPS) is 10.2. The Kier molecular flexibility index (Phi) is 8.87. The van der Waals surface area contributed by atoms with Crippen LogP contribution in [0, 0.1) is 5.82 Å². The minimum atomic E-state index is -0.610. The third-order valence-electron chi connectivity index (χ3n) is 3.24. The van der Waals surface area contributed by atoms with Crippen LogP contribution in [0.1, 0.15) is 12.5 Å². The lowest BCUT2D eigenvalue weighted by Gasteiger charge is -2.19. The molecule has 1 rings (SSSR count). The fourth-order valence-corrected chi connectivity index (χ4v) is 1.92. The molecule has 0 aliphatic rings. The number of nitrogens with one attached hydrogen (secondary N) is 3. The Hall–Kier alpha value is -2.74. The number of carbonyl (C=O) groups excluding carboxylic acids is 3. The van der Waals surface area contributed by atoms with Crippen LogP contribution in [-0.4, -0.2) is 48.9 Å². The summed E-state index contributed by atoms with van der Waals surface area (Å²) >= 11 is 0. The molecule has 1 aromatic rings. The van der Waals surface area contributed by atoms with Gasteiger partial charge in [0.1, 0.15) is 5.82 Å². The van der Waals surface area contributed by atoms with E-state index in [9.17, 15) is 18.8 Å². The predicted octanol–water partition coefficient (Wildman–Crippen LogP) is 0.776. The Morgan fingerprint density at radius 3 is 2.36 bits per heavy atom. The van der Waals surface area contributed by atoms with Crippen molar-refractivity contribution in [3.8, 4) is 0 Å². The smallest absolute Gasteiger partial charge is 0.321 e. The molecule has 0 radical (unpaired) electrons. The van der Waals surface area contributed by atoms with Gasteiger partial charge in [0.05, 0.1) is 13.1 Å². The Morgan fingerprint density at radius 1 is 1.12 bits per heavy atom. The molecule has 3 N–H and O–H groups in total. The predicted molar refractivity (Wildman–Crippen MR) is 92.1 cm³/mol. The molecule has 8 heteroatoms. The average Bonchev–Trinajstić information content (AvgIpc) is 2.58. The fraction of sp³-hybridized carbons (Fsp3) is 0.353. The van der Waals surface area contributed by atoms with Crippen molar-refractivity contribution in [3.05, 3.63) is 48.3 Å². The van der Waals surface area contributed by atoms with Crippen molar-refractivity contribution in [1.82, 2.24) is 20.9 Å². The highest BCUT2D eigenvalue weighted by atomic mass is 19.1. The molecule has 136 valence electrons. The van der Waals surface area contributed by atoms with Gasteiger partial charge in [0.15, 0.2) is 0 Å². The third-order valence-corrected chi connectivity index (χ3v) is 3.24. The molecule has 1 aromatic carbocycles. The summed E-state index contributed by atoms with van der Waals surface area (Å²) in [4.78, 5) is 36.7. The second-order valence-corrected chi connectivity index (χ2v) is 5.25. The zero-order chi connectivity index (χ0) is 18.7. The highest BCUT2D eigenvalue weighted by Crippen LogP contribution is 2.02. The SMILES string of the molecule is C=CCNC(=O)NC(=O)CN(CC)CC(=O)NCc1ccc(F)cc1. The zero-order valence-electron chi connectivity index (χ0n) is 14.2. The average molecular weight is 350 g/mol. The van der Waals surface area contributed by atoms with Crippen molar-refractivity contribution in [3.63, 3.8) is 0 Å². The number of urea groups is 1. The quantitative estimate of drug-likeness (QED) is 0.574. The minimum Gasteiger partial charge on any atom is -0.351 e. The van der Waals surface area contributed by atoms with E-state index in [1.54, 1.807) is 24.0 Å². The van der Waals surface area contributed by atoms with Crippen molar-refractivity contribution in [2.75, 3.05) is 26.2 Å². The summed E-state index contributed by atoms with van der Waals surface area (Å²) in [6.45, 7) is 6.17. The van der Waals surface area contributed by atoms with Crippen LogP contribution in [0.3, 0.4) is 0 Å². The van der Waals surface area contributed by atoms with Gasteiger partial charge in [0, 0.05) is 13.1 Å². The molecule has 0 bridgehead atoms. The van der Waals surface area contributed by atoms with E-state index >= 15 is 0 Å². The first-order valence-electron chi connectivity index (χ1n) is 7.86. The van der Waals surface area contributed by atoms with Gasteiger partial charge in [-0.2, -0.15) is 0 Å². The van der Waals surface area contributed by atoms with Gasteiger partial charge in [0.2, 0.25) is 11.8 Å². The van der Waals surface area contributed by atoms with Gasteiger partial charge in [0.25, 0.3) is 0 Å². The van der Waals surface area contributed by atoms with Gasteiger partial charge >= 0.3 is 6.03 Å². The molecule has 0 fully saturated rings. The van der Waals surface area contributed by atoms with Crippen LogP contribution in [0.5, 0.6) is 0 Å². The summed E-state index contributed by atoms with van der Waals surface area (Å²) in [6, 6.07) is 5.20. The first-order valence-corrected chi connectivity index (χ1v) is 7.86. The van der Waals surface area contributed by atoms with Gasteiger partial charge in [-0.3, -0.25) is 19.8 Å². The van der Waals surface area contributed by atoms with Crippen LogP contribution >= 0.6 is 0 Å². The van der Waals surface area contributed by atoms with E-state index in [2.05, 4.69) is 22.5 Å². The van der Waals surface area contributed by atoms with Crippen molar-refractivity contribution in [1.29, 1.82) is 0 Å². The van der Waals surface area contributed by atoms with Gasteiger partial charge in [-0.15, -0.1) is 6.58 Å². The number of hydrogen-bond acceptors (Lipinski definition) is 4. The first-order chi connectivity index (χ1) is 11.9. The lowest BCUT2D eigenvalue weighted by molar-refractivity contribution is -0.124. The number of carbonyl (C=O) groups is 3. The van der Waals surface area contributed by atoms with Crippen LogP contribution in [0.4, 0.5) is 9.18 Å². The van der Waals surface area contributed by atoms with E-state index in [4.69, 9.17) is 0 Å². The minimum absolute atomic E-state index is 0.0133. The summed E-state index contributed by atoms with van der Waals surface area (Å²) in [5.74, 6) is -1.11. The number of imide groups is 1. The van der Waals surface area contributed by atoms with Crippen LogP contribution in [0.25, 0.3) is 0 Å². The summed E-state index contributed by atoms with van der Waals surface area (Å²) in [5, 5.41) is 7.29. The highest BCUT2D eigenvalue weighted by Gasteiger charge is 2.14. The van der Waals surface area contributed by atoms with Crippen LogP contribution in [0.2, 0.25) is 0 Å². The van der Waals surface area contributed by atoms with Crippen molar-refractivity contribution < 1.29 is 18.8 Å². The standard InChI is InChI=1S/C17H23FN4O3/c1-3-9-19-17(25)21-16(24)12-22(4-2)11-15(23)20-10-13-5-7-14(18)8-6-13/h3,5-8H,1,4,9-12H2,2H3,(H,20,23)(H2,19,21,24,25). The Morgan fingerprint density at radius 2 is 1.76 bits per heavy atom. The number of amides is 4. The number of likely N-dealkylation sites (N-methyl/N-ethyl adjacent to an activating group) is 1. The van der Waals surface area contributed by atoms with Crippen molar-refractivity contribution in [2.24, 2.45) is 0 Å². The summed E-state index contributed by atoms with van der Waals surface area (Å²) in [7, 11) is 0. The lowest BCUT2D eigenvalue weighted by Crippen LogP contribution is -2.46. The molecule has 0 saturated carbocycles. The van der Waals surface area contributed by atoms with E-state index in [0.29, 0.717) is 6.54 Å². The van der Waals surface area contributed by atoms with Gasteiger partial charge in [-0.25, -0.2) is 9.18 Å². The highest BCUT2D eigenvalue weighted by molar-refractivity contribution is 5.95. The van der Waals surface area contributed by atoms with Crippen LogP contribution in [0.15, 0.2) is 36.9 Å². The maximum atomic E-state index is 12.8. The topological polar surface area (TPSA) is 90.5 Å². The molecule has 0 aliphatic carbocycles. The summed E-state index contributed by atoms with van der Waals surface area (Å²) in [6.07, 6.45) is 1.49. The monoisotopic (exact) mass is 350 g/mol. The van der Waals surface area contributed by atoms with E-state index in [1.165, 1.54) is 18.2 Å². The molecule has 0 saturated heterocycles. The molecular weight excluding hydrogens is 327 g/mol. The summed E-state index contributed by atoms with van der Waals surface area (Å²) < 4.78 is 12.8. The van der Waals surface area contributed by atoms with Crippen LogP contribution < -0.4 is 16.0 Å². The molecule has 0 aliphatic heterocycles. The fourth-order valence-electron chi connectivity index (χ4n) is 1.92. The Bertz CT molecular complexity index is 604. The first kappa shape index (κ1) is 20.3. The lowest BCUT2D eigenvalue weighted by atomic mass is 10.2. The third kappa shape index (κ3) is 8.61. The molecule has 0 unspecified atom stereocenters. The number of halogens is 1. The van der Waals surface area contributed by atoms with E-state index < -0.39 is 11.9 Å². The van der Waals surface area contributed by atoms with Gasteiger partial charge < -0.3 is 10.6 Å². The number of hydrogen-bond donors (Lipinski definition) is 3. The molecule has 0 heterocycles. The number of nitrogens with zero attached hydrogens (tertiary/aromatic N) is 1. The van der Waals surface area contributed by atoms with Crippen molar-refractivity contribution in [2.45, 2.75) is 13.5 Å². The molecule has 0 atom stereocenters. The maximum absolute atomic E-state index is 12.8. The zero-order valence-corrected chi connectivity index (χ0v) is 14.2. The van der Waals surface area contributed by atoms with Crippen molar-refractivity contribution >= 4 is 17.8 Å². The van der Waals surface area contributed by atoms with E-state index in [-0.39, 0.29) is 37.9 Å². The molecule has 7 nitrogen and oxygen atoms in total. The Balaban J connectivity index is 2.37. The largest absolute Gasteiger partial charge is 0.351 e. The molecular formula is C17H23FN4O3. The number of benzene rings is 1. The van der Waals surface area contributed by atoms with Gasteiger partial charge in [-0.1, -0.05) is 25.1 Å². The number of rotatable bonds is 9. The molecule has 0 aromatic heterocycles.